The van der Waals surface area contributed by atoms with Crippen molar-refractivity contribution in [1.82, 2.24) is 10.6 Å². The Morgan fingerprint density at radius 1 is 1.12 bits per heavy atom. The van der Waals surface area contributed by atoms with Crippen molar-refractivity contribution in [1.29, 1.82) is 0 Å². The SMILES string of the molecule is NC(=O)CNC(=O)N[C@@H](CC(N)=O)C(=O)O. The molecule has 0 bridgehead atoms. The summed E-state index contributed by atoms with van der Waals surface area (Å²) in [6.07, 6.45) is -0.542. The van der Waals surface area contributed by atoms with E-state index in [4.69, 9.17) is 16.6 Å². The van der Waals surface area contributed by atoms with Gasteiger partial charge in [0, 0.05) is 0 Å². The third kappa shape index (κ3) is 6.18. The lowest BCUT2D eigenvalue weighted by Crippen LogP contribution is -2.49. The summed E-state index contributed by atoms with van der Waals surface area (Å²) in [5.41, 5.74) is 9.52. The Bertz CT molecular complexity index is 316. The van der Waals surface area contributed by atoms with Crippen LogP contribution in [0.2, 0.25) is 0 Å². The number of carbonyl (C=O) groups is 4. The quantitative estimate of drug-likeness (QED) is 0.331. The summed E-state index contributed by atoms with van der Waals surface area (Å²) in [6, 6.07) is -2.36. The van der Waals surface area contributed by atoms with E-state index in [2.05, 4.69) is 0 Å². The molecule has 0 radical (unpaired) electrons. The Morgan fingerprint density at radius 3 is 2.06 bits per heavy atom. The molecule has 0 saturated carbocycles. The van der Waals surface area contributed by atoms with Crippen molar-refractivity contribution in [3.05, 3.63) is 0 Å². The molecule has 0 spiro atoms. The van der Waals surface area contributed by atoms with Gasteiger partial charge in [0.2, 0.25) is 11.8 Å². The molecule has 1 atom stereocenters. The lowest BCUT2D eigenvalue weighted by Gasteiger charge is -2.12. The third-order valence-electron chi connectivity index (χ3n) is 1.43. The second-order valence-corrected chi connectivity index (χ2v) is 2.85. The topological polar surface area (TPSA) is 165 Å². The van der Waals surface area contributed by atoms with Gasteiger partial charge < -0.3 is 27.2 Å². The van der Waals surface area contributed by atoms with E-state index < -0.39 is 42.8 Å². The van der Waals surface area contributed by atoms with Crippen LogP contribution in [0.4, 0.5) is 4.79 Å². The zero-order chi connectivity index (χ0) is 12.7. The lowest BCUT2D eigenvalue weighted by atomic mass is 10.2. The van der Waals surface area contributed by atoms with Gasteiger partial charge in [-0.1, -0.05) is 0 Å². The summed E-state index contributed by atoms with van der Waals surface area (Å²) in [4.78, 5) is 42.3. The predicted octanol–water partition coefficient (Wildman–Crippen LogP) is -2.90. The summed E-state index contributed by atoms with van der Waals surface area (Å²) in [5.74, 6) is -3.06. The first-order chi connectivity index (χ1) is 7.32. The number of carbonyl (C=O) groups excluding carboxylic acids is 3. The Kier molecular flexibility index (Phi) is 5.32. The molecule has 0 aliphatic heterocycles. The molecule has 4 amide bonds. The molecular formula is C7H12N4O5. The molecule has 16 heavy (non-hydrogen) atoms. The maximum absolute atomic E-state index is 11.0. The monoisotopic (exact) mass is 232 g/mol. The van der Waals surface area contributed by atoms with E-state index in [9.17, 15) is 19.2 Å². The minimum absolute atomic E-state index is 0.436. The Morgan fingerprint density at radius 2 is 1.69 bits per heavy atom. The van der Waals surface area contributed by atoms with Gasteiger partial charge in [-0.2, -0.15) is 0 Å². The number of aliphatic carboxylic acids is 1. The number of rotatable bonds is 6. The van der Waals surface area contributed by atoms with Crippen LogP contribution in [0, 0.1) is 0 Å². The maximum Gasteiger partial charge on any atom is 0.326 e. The average molecular weight is 232 g/mol. The molecule has 0 saturated heterocycles. The zero-order valence-electron chi connectivity index (χ0n) is 8.23. The van der Waals surface area contributed by atoms with Crippen molar-refractivity contribution >= 4 is 23.8 Å². The van der Waals surface area contributed by atoms with Crippen LogP contribution in [-0.2, 0) is 14.4 Å². The Labute approximate surface area is 90.1 Å². The van der Waals surface area contributed by atoms with Crippen molar-refractivity contribution in [2.24, 2.45) is 11.5 Å². The number of nitrogens with one attached hydrogen (secondary N) is 2. The standard InChI is InChI=1S/C7H12N4O5/c8-4(12)1-3(6(14)15)11-7(16)10-2-5(9)13/h3H,1-2H2,(H2,8,12)(H2,9,13)(H,14,15)(H2,10,11,16)/t3-/m0/s1. The van der Waals surface area contributed by atoms with Gasteiger partial charge in [-0.3, -0.25) is 9.59 Å². The minimum Gasteiger partial charge on any atom is -0.480 e. The molecule has 0 aliphatic rings. The lowest BCUT2D eigenvalue weighted by molar-refractivity contribution is -0.140. The number of amides is 4. The van der Waals surface area contributed by atoms with Crippen LogP contribution in [0.5, 0.6) is 0 Å². The van der Waals surface area contributed by atoms with E-state index in [0.29, 0.717) is 0 Å². The number of hydrogen-bond donors (Lipinski definition) is 5. The highest BCUT2D eigenvalue weighted by Gasteiger charge is 2.21. The molecule has 0 aromatic carbocycles. The smallest absolute Gasteiger partial charge is 0.326 e. The number of hydrogen-bond acceptors (Lipinski definition) is 4. The fourth-order valence-corrected chi connectivity index (χ4v) is 0.778. The molecule has 9 nitrogen and oxygen atoms in total. The van der Waals surface area contributed by atoms with Gasteiger partial charge in [0.15, 0.2) is 0 Å². The van der Waals surface area contributed by atoms with Gasteiger partial charge >= 0.3 is 12.0 Å². The fraction of sp³-hybridized carbons (Fsp3) is 0.429. The van der Waals surface area contributed by atoms with Crippen LogP contribution in [0.25, 0.3) is 0 Å². The first kappa shape index (κ1) is 13.7. The highest BCUT2D eigenvalue weighted by Crippen LogP contribution is 1.91. The summed E-state index contributed by atoms with van der Waals surface area (Å²) in [7, 11) is 0. The second-order valence-electron chi connectivity index (χ2n) is 2.85. The number of carboxylic acids is 1. The molecule has 0 heterocycles. The number of urea groups is 1. The summed E-state index contributed by atoms with van der Waals surface area (Å²) >= 11 is 0. The van der Waals surface area contributed by atoms with Gasteiger partial charge in [-0.25, -0.2) is 9.59 Å². The van der Waals surface area contributed by atoms with Crippen LogP contribution < -0.4 is 22.1 Å². The van der Waals surface area contributed by atoms with Gasteiger partial charge in [0.1, 0.15) is 6.04 Å². The Hall–Kier alpha value is -2.32. The average Bonchev–Trinajstić information content (AvgIpc) is 2.12. The molecule has 0 unspecified atom stereocenters. The summed E-state index contributed by atoms with van der Waals surface area (Å²) in [5, 5.41) is 12.6. The first-order valence-corrected chi connectivity index (χ1v) is 4.16. The van der Waals surface area contributed by atoms with Gasteiger partial charge in [-0.15, -0.1) is 0 Å². The highest BCUT2D eigenvalue weighted by molar-refractivity contribution is 5.89. The van der Waals surface area contributed by atoms with E-state index >= 15 is 0 Å². The van der Waals surface area contributed by atoms with E-state index in [0.717, 1.165) is 0 Å². The van der Waals surface area contributed by atoms with Crippen LogP contribution >= 0.6 is 0 Å². The van der Waals surface area contributed by atoms with Crippen molar-refractivity contribution in [2.75, 3.05) is 6.54 Å². The Balaban J connectivity index is 4.18. The molecule has 7 N–H and O–H groups in total. The van der Waals surface area contributed by atoms with E-state index in [1.165, 1.54) is 0 Å². The normalized spacial score (nSPS) is 11.2. The molecule has 0 aromatic heterocycles. The zero-order valence-corrected chi connectivity index (χ0v) is 8.23. The van der Waals surface area contributed by atoms with Crippen molar-refractivity contribution < 1.29 is 24.3 Å². The summed E-state index contributed by atoms with van der Waals surface area (Å²) in [6.45, 7) is -0.436. The van der Waals surface area contributed by atoms with Crippen LogP contribution in [-0.4, -0.2) is 41.5 Å². The van der Waals surface area contributed by atoms with Gasteiger partial charge in [-0.05, 0) is 0 Å². The van der Waals surface area contributed by atoms with Crippen LogP contribution in [0.15, 0.2) is 0 Å². The van der Waals surface area contributed by atoms with Crippen molar-refractivity contribution in [2.45, 2.75) is 12.5 Å². The highest BCUT2D eigenvalue weighted by atomic mass is 16.4. The largest absolute Gasteiger partial charge is 0.480 e. The number of primary amides is 2. The van der Waals surface area contributed by atoms with Crippen molar-refractivity contribution in [3.63, 3.8) is 0 Å². The molecule has 0 fully saturated rings. The molecule has 0 aliphatic carbocycles. The third-order valence-corrected chi connectivity index (χ3v) is 1.43. The second kappa shape index (κ2) is 6.22. The maximum atomic E-state index is 11.0. The van der Waals surface area contributed by atoms with Crippen LogP contribution in [0.1, 0.15) is 6.42 Å². The van der Waals surface area contributed by atoms with E-state index in [-0.39, 0.29) is 0 Å². The predicted molar refractivity (Wildman–Crippen MR) is 51.0 cm³/mol. The molecule has 9 heteroatoms. The van der Waals surface area contributed by atoms with Gasteiger partial charge in [0.25, 0.3) is 0 Å². The van der Waals surface area contributed by atoms with Crippen LogP contribution in [0.3, 0.4) is 0 Å². The number of carboxylic acid groups (broad SMARTS) is 1. The van der Waals surface area contributed by atoms with Crippen molar-refractivity contribution in [3.8, 4) is 0 Å². The molecular weight excluding hydrogens is 220 g/mol. The first-order valence-electron chi connectivity index (χ1n) is 4.16. The number of nitrogens with two attached hydrogens (primary N) is 2. The molecule has 0 aromatic rings. The molecule has 0 rings (SSSR count). The summed E-state index contributed by atoms with van der Waals surface area (Å²) < 4.78 is 0. The van der Waals surface area contributed by atoms with E-state index in [1.807, 2.05) is 10.6 Å². The van der Waals surface area contributed by atoms with Gasteiger partial charge in [0.05, 0.1) is 13.0 Å². The minimum atomic E-state index is -1.44. The molecule has 90 valence electrons. The fourth-order valence-electron chi connectivity index (χ4n) is 0.778. The van der Waals surface area contributed by atoms with E-state index in [1.54, 1.807) is 0 Å².